The highest BCUT2D eigenvalue weighted by atomic mass is 79.9. The summed E-state index contributed by atoms with van der Waals surface area (Å²) >= 11 is 3.41. The first-order valence-electron chi connectivity index (χ1n) is 6.26. The van der Waals surface area contributed by atoms with Gasteiger partial charge in [0.05, 0.1) is 18.0 Å². The van der Waals surface area contributed by atoms with Gasteiger partial charge in [-0.05, 0) is 40.0 Å². The van der Waals surface area contributed by atoms with Crippen LogP contribution >= 0.6 is 15.9 Å². The number of rotatable bonds is 7. The van der Waals surface area contributed by atoms with Crippen molar-refractivity contribution >= 4 is 21.8 Å². The number of amides is 1. The second-order valence-corrected chi connectivity index (χ2v) is 5.06. The molecule has 1 aromatic carbocycles. The standard InChI is InChI=1S/C14H20BrNO2/c1-3-4-5-8-16-14(17)10-11-6-7-13(18-2)12(15)9-11/h6-7,9H,3-5,8,10H2,1-2H3,(H,16,17). The molecule has 0 saturated carbocycles. The maximum atomic E-state index is 11.7. The third-order valence-corrected chi connectivity index (χ3v) is 3.30. The molecule has 100 valence electrons. The predicted molar refractivity (Wildman–Crippen MR) is 76.9 cm³/mol. The number of benzene rings is 1. The van der Waals surface area contributed by atoms with Crippen molar-refractivity contribution in [2.24, 2.45) is 0 Å². The molecular weight excluding hydrogens is 294 g/mol. The zero-order valence-corrected chi connectivity index (χ0v) is 12.5. The number of methoxy groups -OCH3 is 1. The van der Waals surface area contributed by atoms with Gasteiger partial charge in [-0.1, -0.05) is 25.8 Å². The van der Waals surface area contributed by atoms with Crippen LogP contribution in [-0.2, 0) is 11.2 Å². The van der Waals surface area contributed by atoms with E-state index in [9.17, 15) is 4.79 Å². The van der Waals surface area contributed by atoms with E-state index in [4.69, 9.17) is 4.74 Å². The molecule has 0 aromatic heterocycles. The second kappa shape index (κ2) is 8.14. The largest absolute Gasteiger partial charge is 0.496 e. The SMILES string of the molecule is CCCCCNC(=O)Cc1ccc(OC)c(Br)c1. The van der Waals surface area contributed by atoms with Crippen LogP contribution in [0.1, 0.15) is 31.7 Å². The summed E-state index contributed by atoms with van der Waals surface area (Å²) in [7, 11) is 1.63. The molecule has 0 bridgehead atoms. The molecule has 1 aromatic rings. The van der Waals surface area contributed by atoms with Gasteiger partial charge in [0.2, 0.25) is 5.91 Å². The smallest absolute Gasteiger partial charge is 0.224 e. The van der Waals surface area contributed by atoms with Crippen LogP contribution in [-0.4, -0.2) is 19.6 Å². The van der Waals surface area contributed by atoms with Crippen molar-refractivity contribution < 1.29 is 9.53 Å². The second-order valence-electron chi connectivity index (χ2n) is 4.20. The van der Waals surface area contributed by atoms with E-state index in [1.54, 1.807) is 7.11 Å². The van der Waals surface area contributed by atoms with E-state index in [2.05, 4.69) is 28.2 Å². The average Bonchev–Trinajstić information content (AvgIpc) is 2.35. The van der Waals surface area contributed by atoms with Crippen LogP contribution in [0.3, 0.4) is 0 Å². The third kappa shape index (κ3) is 5.08. The van der Waals surface area contributed by atoms with E-state index in [-0.39, 0.29) is 5.91 Å². The summed E-state index contributed by atoms with van der Waals surface area (Å²) in [4.78, 5) is 11.7. The molecule has 0 heterocycles. The van der Waals surface area contributed by atoms with Crippen molar-refractivity contribution in [1.29, 1.82) is 0 Å². The van der Waals surface area contributed by atoms with Crippen molar-refractivity contribution in [3.8, 4) is 5.75 Å². The normalized spacial score (nSPS) is 10.2. The molecule has 0 aliphatic heterocycles. The number of carbonyl (C=O) groups is 1. The van der Waals surface area contributed by atoms with Gasteiger partial charge in [0.1, 0.15) is 5.75 Å². The molecule has 0 aliphatic carbocycles. The van der Waals surface area contributed by atoms with Crippen molar-refractivity contribution in [1.82, 2.24) is 5.32 Å². The van der Waals surface area contributed by atoms with Crippen LogP contribution in [0.4, 0.5) is 0 Å². The number of ether oxygens (including phenoxy) is 1. The summed E-state index contributed by atoms with van der Waals surface area (Å²) in [5.74, 6) is 0.852. The average molecular weight is 314 g/mol. The van der Waals surface area contributed by atoms with Gasteiger partial charge in [-0.15, -0.1) is 0 Å². The molecular formula is C14H20BrNO2. The molecule has 0 spiro atoms. The quantitative estimate of drug-likeness (QED) is 0.784. The predicted octanol–water partition coefficient (Wildman–Crippen LogP) is 3.31. The minimum Gasteiger partial charge on any atom is -0.496 e. The Kier molecular flexibility index (Phi) is 6.80. The van der Waals surface area contributed by atoms with Gasteiger partial charge in [-0.2, -0.15) is 0 Å². The highest BCUT2D eigenvalue weighted by Gasteiger charge is 2.05. The van der Waals surface area contributed by atoms with Gasteiger partial charge >= 0.3 is 0 Å². The Morgan fingerprint density at radius 3 is 2.78 bits per heavy atom. The zero-order chi connectivity index (χ0) is 13.4. The Morgan fingerprint density at radius 2 is 2.17 bits per heavy atom. The molecule has 0 unspecified atom stereocenters. The summed E-state index contributed by atoms with van der Waals surface area (Å²) in [5, 5.41) is 2.93. The van der Waals surface area contributed by atoms with Crippen molar-refractivity contribution in [3.05, 3.63) is 28.2 Å². The van der Waals surface area contributed by atoms with Crippen LogP contribution in [0.15, 0.2) is 22.7 Å². The first-order valence-corrected chi connectivity index (χ1v) is 7.05. The third-order valence-electron chi connectivity index (χ3n) is 2.68. The minimum absolute atomic E-state index is 0.0724. The summed E-state index contributed by atoms with van der Waals surface area (Å²) < 4.78 is 6.03. The monoisotopic (exact) mass is 313 g/mol. The fraction of sp³-hybridized carbons (Fsp3) is 0.500. The number of hydrogen-bond acceptors (Lipinski definition) is 2. The van der Waals surface area contributed by atoms with Gasteiger partial charge < -0.3 is 10.1 Å². The molecule has 0 saturated heterocycles. The molecule has 0 aliphatic rings. The van der Waals surface area contributed by atoms with Gasteiger partial charge in [-0.25, -0.2) is 0 Å². The first kappa shape index (κ1) is 15.0. The summed E-state index contributed by atoms with van der Waals surface area (Å²) in [5.41, 5.74) is 0.982. The van der Waals surface area contributed by atoms with E-state index in [0.29, 0.717) is 6.42 Å². The zero-order valence-electron chi connectivity index (χ0n) is 11.0. The molecule has 1 rings (SSSR count). The minimum atomic E-state index is 0.0724. The molecule has 0 atom stereocenters. The lowest BCUT2D eigenvalue weighted by Gasteiger charge is -2.07. The number of unbranched alkanes of at least 4 members (excludes halogenated alkanes) is 2. The molecule has 18 heavy (non-hydrogen) atoms. The summed E-state index contributed by atoms with van der Waals surface area (Å²) in [6, 6.07) is 5.70. The summed E-state index contributed by atoms with van der Waals surface area (Å²) in [6.45, 7) is 2.92. The Bertz CT molecular complexity index is 393. The fourth-order valence-electron chi connectivity index (χ4n) is 1.67. The lowest BCUT2D eigenvalue weighted by atomic mass is 10.1. The molecule has 1 N–H and O–H groups in total. The Morgan fingerprint density at radius 1 is 1.39 bits per heavy atom. The van der Waals surface area contributed by atoms with Gasteiger partial charge in [0.25, 0.3) is 0 Å². The Balaban J connectivity index is 2.42. The van der Waals surface area contributed by atoms with Gasteiger partial charge in [-0.3, -0.25) is 4.79 Å². The van der Waals surface area contributed by atoms with Crippen molar-refractivity contribution in [2.75, 3.05) is 13.7 Å². The van der Waals surface area contributed by atoms with E-state index < -0.39 is 0 Å². The van der Waals surface area contributed by atoms with Crippen molar-refractivity contribution in [2.45, 2.75) is 32.6 Å². The lowest BCUT2D eigenvalue weighted by Crippen LogP contribution is -2.26. The van der Waals surface area contributed by atoms with Crippen LogP contribution < -0.4 is 10.1 Å². The number of hydrogen-bond donors (Lipinski definition) is 1. The van der Waals surface area contributed by atoms with Gasteiger partial charge in [0.15, 0.2) is 0 Å². The molecule has 4 heteroatoms. The lowest BCUT2D eigenvalue weighted by molar-refractivity contribution is -0.120. The fourth-order valence-corrected chi connectivity index (χ4v) is 2.26. The molecule has 1 amide bonds. The maximum Gasteiger partial charge on any atom is 0.224 e. The van der Waals surface area contributed by atoms with E-state index in [0.717, 1.165) is 35.2 Å². The number of halogens is 1. The highest BCUT2D eigenvalue weighted by molar-refractivity contribution is 9.10. The highest BCUT2D eigenvalue weighted by Crippen LogP contribution is 2.25. The van der Waals surface area contributed by atoms with E-state index in [1.165, 1.54) is 6.42 Å². The van der Waals surface area contributed by atoms with Crippen LogP contribution in [0.2, 0.25) is 0 Å². The Labute approximate surface area is 117 Å². The van der Waals surface area contributed by atoms with Gasteiger partial charge in [0, 0.05) is 6.54 Å². The topological polar surface area (TPSA) is 38.3 Å². The first-order chi connectivity index (χ1) is 8.67. The molecule has 3 nitrogen and oxygen atoms in total. The van der Waals surface area contributed by atoms with Crippen LogP contribution in [0, 0.1) is 0 Å². The number of nitrogens with one attached hydrogen (secondary N) is 1. The van der Waals surface area contributed by atoms with E-state index in [1.807, 2.05) is 18.2 Å². The summed E-state index contributed by atoms with van der Waals surface area (Å²) in [6.07, 6.45) is 3.79. The number of carbonyl (C=O) groups excluding carboxylic acids is 1. The van der Waals surface area contributed by atoms with Crippen LogP contribution in [0.5, 0.6) is 5.75 Å². The Hall–Kier alpha value is -1.03. The van der Waals surface area contributed by atoms with E-state index >= 15 is 0 Å². The maximum absolute atomic E-state index is 11.7. The van der Waals surface area contributed by atoms with Crippen molar-refractivity contribution in [3.63, 3.8) is 0 Å². The molecule has 0 fully saturated rings. The molecule has 0 radical (unpaired) electrons. The van der Waals surface area contributed by atoms with Crippen LogP contribution in [0.25, 0.3) is 0 Å².